The van der Waals surface area contributed by atoms with Crippen molar-refractivity contribution in [1.82, 2.24) is 29.8 Å². The lowest BCUT2D eigenvalue weighted by molar-refractivity contribution is 0.0747. The molecule has 0 spiro atoms. The minimum absolute atomic E-state index is 0.0636. The summed E-state index contributed by atoms with van der Waals surface area (Å²) in [5.41, 5.74) is 4.78. The van der Waals surface area contributed by atoms with Gasteiger partial charge in [0, 0.05) is 56.7 Å². The highest BCUT2D eigenvalue weighted by atomic mass is 16.5. The molecule has 9 nitrogen and oxygen atoms in total. The largest absolute Gasteiger partial charge is 0.378 e. The Morgan fingerprint density at radius 3 is 2.66 bits per heavy atom. The molecule has 4 aromatic rings. The van der Waals surface area contributed by atoms with E-state index in [4.69, 9.17) is 14.7 Å². The van der Waals surface area contributed by atoms with Crippen LogP contribution in [0, 0.1) is 5.92 Å². The summed E-state index contributed by atoms with van der Waals surface area (Å²) in [5.74, 6) is 1.36. The van der Waals surface area contributed by atoms with Gasteiger partial charge in [0.25, 0.3) is 5.91 Å². The standard InChI is InChI=1S/C29H31N7O2/c1-38-23-17-34(18-23)27-12-21(29(37)35-15-19-7-8-22(16-35)30-13-19)11-26(32-27)24-14-31-36-10-9-25(33-28(24)36)20-5-3-2-4-6-20/h2-6,9-12,14,19,22-23,30H,7-8,13,15-18H2,1H3. The molecule has 194 valence electrons. The Morgan fingerprint density at radius 1 is 1.00 bits per heavy atom. The monoisotopic (exact) mass is 509 g/mol. The van der Waals surface area contributed by atoms with Crippen molar-refractivity contribution in [3.05, 3.63) is 66.5 Å². The fourth-order valence-electron chi connectivity index (χ4n) is 5.82. The van der Waals surface area contributed by atoms with Crippen LogP contribution in [0.4, 0.5) is 5.82 Å². The summed E-state index contributed by atoms with van der Waals surface area (Å²) in [5, 5.41) is 8.15. The van der Waals surface area contributed by atoms with Crippen molar-refractivity contribution in [2.45, 2.75) is 25.0 Å². The van der Waals surface area contributed by atoms with Crippen molar-refractivity contribution >= 4 is 17.4 Å². The number of nitrogens with one attached hydrogen (secondary N) is 1. The molecule has 2 atom stereocenters. The molecule has 2 bridgehead atoms. The zero-order chi connectivity index (χ0) is 25.6. The summed E-state index contributed by atoms with van der Waals surface area (Å²) < 4.78 is 7.26. The number of amides is 1. The van der Waals surface area contributed by atoms with Crippen molar-refractivity contribution in [1.29, 1.82) is 0 Å². The molecule has 4 fully saturated rings. The number of methoxy groups -OCH3 is 1. The molecule has 4 saturated heterocycles. The predicted octanol–water partition coefficient (Wildman–Crippen LogP) is 3.12. The van der Waals surface area contributed by atoms with E-state index in [9.17, 15) is 4.79 Å². The molecule has 0 saturated carbocycles. The summed E-state index contributed by atoms with van der Waals surface area (Å²) in [6.07, 6.45) is 6.20. The highest BCUT2D eigenvalue weighted by Gasteiger charge is 2.33. The lowest BCUT2D eigenvalue weighted by Gasteiger charge is -2.39. The number of hydrogen-bond donors (Lipinski definition) is 1. The first-order chi connectivity index (χ1) is 18.6. The van der Waals surface area contributed by atoms with Crippen molar-refractivity contribution in [3.8, 4) is 22.5 Å². The Bertz CT molecular complexity index is 1460. The predicted molar refractivity (Wildman–Crippen MR) is 145 cm³/mol. The van der Waals surface area contributed by atoms with E-state index in [2.05, 4.69) is 15.3 Å². The number of piperidine rings is 1. The van der Waals surface area contributed by atoms with Crippen LogP contribution in [0.5, 0.6) is 0 Å². The second kappa shape index (κ2) is 9.49. The highest BCUT2D eigenvalue weighted by molar-refractivity contribution is 5.96. The maximum absolute atomic E-state index is 13.9. The van der Waals surface area contributed by atoms with Gasteiger partial charge in [-0.1, -0.05) is 30.3 Å². The van der Waals surface area contributed by atoms with Gasteiger partial charge in [0.15, 0.2) is 5.65 Å². The topological polar surface area (TPSA) is 87.9 Å². The molecule has 1 amide bonds. The molecular formula is C29H31N7O2. The van der Waals surface area contributed by atoms with Gasteiger partial charge >= 0.3 is 0 Å². The Labute approximate surface area is 221 Å². The third kappa shape index (κ3) is 4.21. The molecule has 0 radical (unpaired) electrons. The number of nitrogens with zero attached hydrogens (tertiary/aromatic N) is 6. The minimum atomic E-state index is 0.0636. The molecule has 3 aromatic heterocycles. The van der Waals surface area contributed by atoms with Gasteiger partial charge in [-0.2, -0.15) is 5.10 Å². The number of rotatable bonds is 5. The van der Waals surface area contributed by atoms with Gasteiger partial charge < -0.3 is 19.9 Å². The first-order valence-electron chi connectivity index (χ1n) is 13.4. The zero-order valence-electron chi connectivity index (χ0n) is 21.5. The van der Waals surface area contributed by atoms with Crippen LogP contribution in [0.15, 0.2) is 60.9 Å². The van der Waals surface area contributed by atoms with Crippen LogP contribution in [0.3, 0.4) is 0 Å². The Balaban J connectivity index is 1.29. The summed E-state index contributed by atoms with van der Waals surface area (Å²) >= 11 is 0. The van der Waals surface area contributed by atoms with E-state index in [1.165, 1.54) is 6.42 Å². The van der Waals surface area contributed by atoms with Crippen LogP contribution < -0.4 is 10.2 Å². The fraction of sp³-hybridized carbons (Fsp3) is 0.379. The molecule has 1 aromatic carbocycles. The average molecular weight is 510 g/mol. The van der Waals surface area contributed by atoms with Gasteiger partial charge in [-0.25, -0.2) is 14.5 Å². The molecule has 38 heavy (non-hydrogen) atoms. The van der Waals surface area contributed by atoms with Crippen LogP contribution in [-0.4, -0.2) is 82.4 Å². The lowest BCUT2D eigenvalue weighted by atomic mass is 9.97. The first kappa shape index (κ1) is 23.3. The second-order valence-electron chi connectivity index (χ2n) is 10.6. The number of carbonyl (C=O) groups excluding carboxylic acids is 1. The number of benzene rings is 1. The number of pyridine rings is 1. The minimum Gasteiger partial charge on any atom is -0.378 e. The van der Waals surface area contributed by atoms with Gasteiger partial charge in [-0.15, -0.1) is 0 Å². The van der Waals surface area contributed by atoms with E-state index in [1.807, 2.05) is 59.6 Å². The van der Waals surface area contributed by atoms with Crippen molar-refractivity contribution < 1.29 is 9.53 Å². The van der Waals surface area contributed by atoms with E-state index in [1.54, 1.807) is 17.8 Å². The van der Waals surface area contributed by atoms with Gasteiger partial charge in [0.2, 0.25) is 0 Å². The molecule has 2 unspecified atom stereocenters. The smallest absolute Gasteiger partial charge is 0.254 e. The van der Waals surface area contributed by atoms with Gasteiger partial charge in [-0.05, 0) is 43.5 Å². The highest BCUT2D eigenvalue weighted by Crippen LogP contribution is 2.31. The Kier molecular flexibility index (Phi) is 5.82. The van der Waals surface area contributed by atoms with Gasteiger partial charge in [0.05, 0.1) is 29.3 Å². The summed E-state index contributed by atoms with van der Waals surface area (Å²) in [6.45, 7) is 4.04. The van der Waals surface area contributed by atoms with Crippen LogP contribution in [0.25, 0.3) is 28.2 Å². The van der Waals surface area contributed by atoms with Gasteiger partial charge in [0.1, 0.15) is 5.82 Å². The molecule has 4 aliphatic heterocycles. The number of aromatic nitrogens is 4. The third-order valence-corrected chi connectivity index (χ3v) is 8.10. The number of fused-ring (bicyclic) bond motifs is 5. The normalized spacial score (nSPS) is 21.5. The number of ether oxygens (including phenoxy) is 1. The number of anilines is 1. The molecule has 8 rings (SSSR count). The van der Waals surface area contributed by atoms with Crippen LogP contribution >= 0.6 is 0 Å². The van der Waals surface area contributed by atoms with E-state index in [0.29, 0.717) is 28.9 Å². The summed E-state index contributed by atoms with van der Waals surface area (Å²) in [6, 6.07) is 16.3. The number of carbonyl (C=O) groups is 1. The quantitative estimate of drug-likeness (QED) is 0.442. The van der Waals surface area contributed by atoms with Crippen LogP contribution in [0.2, 0.25) is 0 Å². The zero-order valence-corrected chi connectivity index (χ0v) is 21.5. The van der Waals surface area contributed by atoms with Crippen molar-refractivity contribution in [2.75, 3.05) is 44.7 Å². The van der Waals surface area contributed by atoms with Crippen molar-refractivity contribution in [3.63, 3.8) is 0 Å². The molecule has 1 N–H and O–H groups in total. The second-order valence-corrected chi connectivity index (χ2v) is 10.6. The fourth-order valence-corrected chi connectivity index (χ4v) is 5.82. The number of hydrogen-bond acceptors (Lipinski definition) is 7. The molecule has 9 heteroatoms. The molecule has 4 aliphatic rings. The SMILES string of the molecule is COC1CN(c2cc(C(=O)N3CC4CCC(C3)NC4)cc(-c3cnn4ccc(-c5ccccc5)nc34)n2)C1. The molecule has 0 aliphatic carbocycles. The van der Waals surface area contributed by atoms with Gasteiger partial charge in [-0.3, -0.25) is 4.79 Å². The average Bonchev–Trinajstić information content (AvgIpc) is 3.11. The maximum atomic E-state index is 13.9. The summed E-state index contributed by atoms with van der Waals surface area (Å²) in [7, 11) is 1.73. The van der Waals surface area contributed by atoms with Crippen molar-refractivity contribution in [2.24, 2.45) is 5.92 Å². The van der Waals surface area contributed by atoms with E-state index in [0.717, 1.165) is 61.8 Å². The van der Waals surface area contributed by atoms with E-state index in [-0.39, 0.29) is 12.0 Å². The van der Waals surface area contributed by atoms with E-state index >= 15 is 0 Å². The first-order valence-corrected chi connectivity index (χ1v) is 13.4. The third-order valence-electron chi connectivity index (χ3n) is 8.10. The van der Waals surface area contributed by atoms with E-state index < -0.39 is 0 Å². The summed E-state index contributed by atoms with van der Waals surface area (Å²) in [4.78, 5) is 28.0. The Morgan fingerprint density at radius 2 is 1.87 bits per heavy atom. The molecule has 7 heterocycles. The molecular weight excluding hydrogens is 478 g/mol. The van der Waals surface area contributed by atoms with Crippen LogP contribution in [0.1, 0.15) is 23.2 Å². The lowest BCUT2D eigenvalue weighted by Crippen LogP contribution is -2.52. The maximum Gasteiger partial charge on any atom is 0.254 e. The van der Waals surface area contributed by atoms with Crippen LogP contribution in [-0.2, 0) is 4.74 Å². The Hall–Kier alpha value is -3.82.